The minimum absolute atomic E-state index is 0.764. The van der Waals surface area contributed by atoms with Gasteiger partial charge in [-0.2, -0.15) is 0 Å². The van der Waals surface area contributed by atoms with Gasteiger partial charge in [0.15, 0.2) is 0 Å². The summed E-state index contributed by atoms with van der Waals surface area (Å²) in [6.45, 7) is 6.52. The van der Waals surface area contributed by atoms with Gasteiger partial charge < -0.3 is 19.1 Å². The molecular weight excluding hydrogens is 470 g/mol. The molecule has 4 heteroatoms. The van der Waals surface area contributed by atoms with Crippen LogP contribution in [0.5, 0.6) is 17.2 Å². The molecule has 5 rings (SSSR count). The van der Waals surface area contributed by atoms with Crippen LogP contribution in [-0.2, 0) is 6.42 Å². The summed E-state index contributed by atoms with van der Waals surface area (Å²) in [5.41, 5.74) is 6.15. The molecule has 0 atom stereocenters. The summed E-state index contributed by atoms with van der Waals surface area (Å²) in [6.07, 6.45) is 5.96. The lowest BCUT2D eigenvalue weighted by molar-refractivity contribution is 0.205. The normalized spacial score (nSPS) is 14.0. The molecule has 0 saturated carbocycles. The highest BCUT2D eigenvalue weighted by atomic mass is 16.5. The number of likely N-dealkylation sites (tertiary alicyclic amines) is 1. The van der Waals surface area contributed by atoms with Crippen LogP contribution in [0, 0.1) is 6.92 Å². The van der Waals surface area contributed by atoms with Gasteiger partial charge in [-0.15, -0.1) is 0 Å². The summed E-state index contributed by atoms with van der Waals surface area (Å²) in [6, 6.07) is 25.7. The fourth-order valence-corrected chi connectivity index (χ4v) is 5.64. The second kappa shape index (κ2) is 12.4. The number of hydrogen-bond acceptors (Lipinski definition) is 4. The summed E-state index contributed by atoms with van der Waals surface area (Å²) >= 11 is 0. The number of piperidine rings is 1. The third-order valence-corrected chi connectivity index (χ3v) is 7.77. The molecule has 38 heavy (non-hydrogen) atoms. The molecule has 0 aliphatic carbocycles. The molecule has 1 aliphatic heterocycles. The molecule has 0 aromatic heterocycles. The lowest BCUT2D eigenvalue weighted by atomic mass is 9.88. The van der Waals surface area contributed by atoms with Crippen LogP contribution < -0.4 is 14.2 Å². The van der Waals surface area contributed by atoms with Crippen molar-refractivity contribution in [3.05, 3.63) is 89.5 Å². The Morgan fingerprint density at radius 2 is 1.55 bits per heavy atom. The van der Waals surface area contributed by atoms with E-state index in [1.54, 1.807) is 14.2 Å². The highest BCUT2D eigenvalue weighted by Gasteiger charge is 2.15. The minimum atomic E-state index is 0.764. The molecule has 0 amide bonds. The van der Waals surface area contributed by atoms with Crippen molar-refractivity contribution in [1.29, 1.82) is 0 Å². The van der Waals surface area contributed by atoms with Gasteiger partial charge in [0.25, 0.3) is 0 Å². The van der Waals surface area contributed by atoms with Gasteiger partial charge in [0.05, 0.1) is 20.8 Å². The molecule has 198 valence electrons. The number of nitrogens with zero attached hydrogens (tertiary/aromatic N) is 1. The molecule has 1 saturated heterocycles. The molecule has 0 bridgehead atoms. The fourth-order valence-electron chi connectivity index (χ4n) is 5.64. The maximum Gasteiger partial charge on any atom is 0.122 e. The Balaban J connectivity index is 1.37. The summed E-state index contributed by atoms with van der Waals surface area (Å²) in [5, 5.41) is 2.42. The zero-order valence-electron chi connectivity index (χ0n) is 23.0. The van der Waals surface area contributed by atoms with Crippen LogP contribution in [0.4, 0.5) is 0 Å². The van der Waals surface area contributed by atoms with Crippen molar-refractivity contribution in [3.63, 3.8) is 0 Å². The maximum absolute atomic E-state index is 6.08. The number of rotatable bonds is 10. The number of hydrogen-bond donors (Lipinski definition) is 0. The SMILES string of the molecule is COc1ccc2c(Cc3ccc(OCCCN4CCCCC4)cc3)c(-c3cccc(OC)c3C)ccc2c1. The molecule has 1 heterocycles. The average Bonchev–Trinajstić information content (AvgIpc) is 2.97. The second-order valence-corrected chi connectivity index (χ2v) is 10.2. The van der Waals surface area contributed by atoms with Gasteiger partial charge >= 0.3 is 0 Å². The third kappa shape index (κ3) is 5.97. The first-order valence-electron chi connectivity index (χ1n) is 13.8. The standard InChI is InChI=1S/C34H39NO3/c1-25-30(9-7-10-34(25)37-3)32-17-13-27-24-29(36-2)16-18-31(27)33(32)23-26-11-14-28(15-12-26)38-22-8-21-35-19-5-4-6-20-35/h7,9-18,24H,4-6,8,19-23H2,1-3H3. The van der Waals surface area contributed by atoms with E-state index < -0.39 is 0 Å². The predicted molar refractivity (Wildman–Crippen MR) is 157 cm³/mol. The molecular formula is C34H39NO3. The Morgan fingerprint density at radius 1 is 0.763 bits per heavy atom. The number of ether oxygens (including phenoxy) is 3. The van der Waals surface area contributed by atoms with E-state index >= 15 is 0 Å². The molecule has 0 N–H and O–H groups in total. The largest absolute Gasteiger partial charge is 0.497 e. The van der Waals surface area contributed by atoms with E-state index in [4.69, 9.17) is 14.2 Å². The van der Waals surface area contributed by atoms with Crippen molar-refractivity contribution in [2.45, 2.75) is 39.0 Å². The van der Waals surface area contributed by atoms with Gasteiger partial charge in [-0.25, -0.2) is 0 Å². The Kier molecular flexibility index (Phi) is 8.50. The monoisotopic (exact) mass is 509 g/mol. The average molecular weight is 510 g/mol. The van der Waals surface area contributed by atoms with Gasteiger partial charge in [-0.05, 0) is 115 Å². The second-order valence-electron chi connectivity index (χ2n) is 10.2. The van der Waals surface area contributed by atoms with E-state index in [2.05, 4.69) is 78.6 Å². The summed E-state index contributed by atoms with van der Waals surface area (Å²) in [5.74, 6) is 2.72. The van der Waals surface area contributed by atoms with Crippen LogP contribution in [0.1, 0.15) is 42.4 Å². The highest BCUT2D eigenvalue weighted by molar-refractivity contribution is 5.93. The lowest BCUT2D eigenvalue weighted by Crippen LogP contribution is -2.31. The molecule has 0 radical (unpaired) electrons. The number of benzene rings is 4. The van der Waals surface area contributed by atoms with Crippen LogP contribution in [0.25, 0.3) is 21.9 Å². The first-order chi connectivity index (χ1) is 18.7. The summed E-state index contributed by atoms with van der Waals surface area (Å²) in [4.78, 5) is 2.57. The molecule has 0 spiro atoms. The van der Waals surface area contributed by atoms with E-state index in [1.807, 2.05) is 6.07 Å². The summed E-state index contributed by atoms with van der Waals surface area (Å²) < 4.78 is 17.2. The zero-order valence-corrected chi connectivity index (χ0v) is 23.0. The van der Waals surface area contributed by atoms with E-state index in [0.29, 0.717) is 0 Å². The Bertz CT molecular complexity index is 1360. The topological polar surface area (TPSA) is 30.9 Å². The van der Waals surface area contributed by atoms with E-state index in [-0.39, 0.29) is 0 Å². The van der Waals surface area contributed by atoms with Crippen molar-refractivity contribution >= 4 is 10.8 Å². The predicted octanol–water partition coefficient (Wildman–Crippen LogP) is 7.68. The highest BCUT2D eigenvalue weighted by Crippen LogP contribution is 2.37. The van der Waals surface area contributed by atoms with Crippen LogP contribution in [0.15, 0.2) is 72.8 Å². The van der Waals surface area contributed by atoms with Crippen LogP contribution >= 0.6 is 0 Å². The molecule has 1 aliphatic rings. The number of methoxy groups -OCH3 is 2. The van der Waals surface area contributed by atoms with Gasteiger partial charge in [-0.3, -0.25) is 0 Å². The number of fused-ring (bicyclic) bond motifs is 1. The smallest absolute Gasteiger partial charge is 0.122 e. The first kappa shape index (κ1) is 26.1. The summed E-state index contributed by atoms with van der Waals surface area (Å²) in [7, 11) is 3.45. The maximum atomic E-state index is 6.08. The lowest BCUT2D eigenvalue weighted by Gasteiger charge is -2.26. The van der Waals surface area contributed by atoms with E-state index in [9.17, 15) is 0 Å². The Labute approximate surface area is 227 Å². The Morgan fingerprint density at radius 3 is 2.32 bits per heavy atom. The fraction of sp³-hybridized carbons (Fsp3) is 0.353. The third-order valence-electron chi connectivity index (χ3n) is 7.77. The van der Waals surface area contributed by atoms with Gasteiger partial charge in [0.2, 0.25) is 0 Å². The molecule has 4 aromatic carbocycles. The molecule has 1 fully saturated rings. The van der Waals surface area contributed by atoms with Crippen molar-refractivity contribution in [1.82, 2.24) is 4.90 Å². The van der Waals surface area contributed by atoms with Gasteiger partial charge in [0.1, 0.15) is 17.2 Å². The van der Waals surface area contributed by atoms with Crippen LogP contribution in [-0.4, -0.2) is 45.4 Å². The van der Waals surface area contributed by atoms with Crippen molar-refractivity contribution in [2.75, 3.05) is 40.5 Å². The Hall–Kier alpha value is -3.50. The van der Waals surface area contributed by atoms with Gasteiger partial charge in [0, 0.05) is 6.54 Å². The molecule has 0 unspecified atom stereocenters. The van der Waals surface area contributed by atoms with Crippen LogP contribution in [0.2, 0.25) is 0 Å². The van der Waals surface area contributed by atoms with Crippen molar-refractivity contribution in [3.8, 4) is 28.4 Å². The molecule has 4 nitrogen and oxygen atoms in total. The zero-order chi connectivity index (χ0) is 26.3. The van der Waals surface area contributed by atoms with Crippen molar-refractivity contribution < 1.29 is 14.2 Å². The van der Waals surface area contributed by atoms with Gasteiger partial charge in [-0.1, -0.05) is 48.9 Å². The minimum Gasteiger partial charge on any atom is -0.497 e. The van der Waals surface area contributed by atoms with E-state index in [1.165, 1.54) is 65.4 Å². The quantitative estimate of drug-likeness (QED) is 0.205. The van der Waals surface area contributed by atoms with Crippen molar-refractivity contribution in [2.24, 2.45) is 0 Å². The molecule has 4 aromatic rings. The van der Waals surface area contributed by atoms with Crippen LogP contribution in [0.3, 0.4) is 0 Å². The first-order valence-corrected chi connectivity index (χ1v) is 13.8. The van der Waals surface area contributed by atoms with E-state index in [0.717, 1.165) is 48.8 Å².